The van der Waals surface area contributed by atoms with Gasteiger partial charge < -0.3 is 5.32 Å². The van der Waals surface area contributed by atoms with Crippen molar-refractivity contribution in [3.8, 4) is 0 Å². The van der Waals surface area contributed by atoms with Crippen LogP contribution in [0.15, 0.2) is 22.2 Å². The Morgan fingerprint density at radius 2 is 2.31 bits per heavy atom. The van der Waals surface area contributed by atoms with Crippen LogP contribution in [0.5, 0.6) is 0 Å². The van der Waals surface area contributed by atoms with E-state index in [2.05, 4.69) is 39.4 Å². The van der Waals surface area contributed by atoms with Crippen molar-refractivity contribution in [1.82, 2.24) is 10.3 Å². The van der Waals surface area contributed by atoms with Crippen molar-refractivity contribution >= 4 is 22.7 Å². The molecule has 1 N–H and O–H groups in total. The second-order valence-electron chi connectivity index (χ2n) is 3.75. The molecule has 0 saturated heterocycles. The van der Waals surface area contributed by atoms with Gasteiger partial charge in [-0.3, -0.25) is 0 Å². The van der Waals surface area contributed by atoms with Crippen LogP contribution in [0.3, 0.4) is 0 Å². The SMILES string of the molecule is CCNC(Cc1nc(C)cs1)c1ccsc1. The standard InChI is InChI=1S/C12H16N2S2/c1-3-13-11(10-4-5-15-8-10)6-12-14-9(2)7-16-12/h4-5,7-8,11,13H,3,6H2,1-2H3. The zero-order chi connectivity index (χ0) is 11.4. The van der Waals surface area contributed by atoms with Crippen LogP contribution >= 0.6 is 22.7 Å². The first-order valence-corrected chi connectivity index (χ1v) is 7.28. The lowest BCUT2D eigenvalue weighted by atomic mass is 10.1. The van der Waals surface area contributed by atoms with Gasteiger partial charge in [0.1, 0.15) is 0 Å². The van der Waals surface area contributed by atoms with Gasteiger partial charge in [0.05, 0.1) is 5.01 Å². The smallest absolute Gasteiger partial charge is 0.0947 e. The largest absolute Gasteiger partial charge is 0.310 e. The Balaban J connectivity index is 2.09. The van der Waals surface area contributed by atoms with Crippen LogP contribution in [0, 0.1) is 6.92 Å². The van der Waals surface area contributed by atoms with Gasteiger partial charge in [-0.15, -0.1) is 11.3 Å². The molecule has 4 heteroatoms. The fourth-order valence-corrected chi connectivity index (χ4v) is 3.23. The molecule has 0 aromatic carbocycles. The van der Waals surface area contributed by atoms with Gasteiger partial charge in [0.2, 0.25) is 0 Å². The molecule has 86 valence electrons. The number of rotatable bonds is 5. The Labute approximate surface area is 104 Å². The summed E-state index contributed by atoms with van der Waals surface area (Å²) in [4.78, 5) is 4.52. The van der Waals surface area contributed by atoms with Crippen molar-refractivity contribution < 1.29 is 0 Å². The fourth-order valence-electron chi connectivity index (χ4n) is 1.70. The third kappa shape index (κ3) is 2.90. The minimum absolute atomic E-state index is 0.404. The third-order valence-corrected chi connectivity index (χ3v) is 4.13. The normalized spacial score (nSPS) is 12.9. The molecule has 0 aliphatic heterocycles. The number of nitrogens with one attached hydrogen (secondary N) is 1. The van der Waals surface area contributed by atoms with Crippen LogP contribution < -0.4 is 5.32 Å². The predicted molar refractivity (Wildman–Crippen MR) is 71.3 cm³/mol. The number of hydrogen-bond acceptors (Lipinski definition) is 4. The molecule has 2 aromatic heterocycles. The Morgan fingerprint density at radius 1 is 1.44 bits per heavy atom. The monoisotopic (exact) mass is 252 g/mol. The van der Waals surface area contributed by atoms with Gasteiger partial charge in [-0.05, 0) is 35.9 Å². The Kier molecular flexibility index (Phi) is 4.09. The number of thiazole rings is 1. The van der Waals surface area contributed by atoms with Crippen molar-refractivity contribution in [2.24, 2.45) is 0 Å². The predicted octanol–water partition coefficient (Wildman–Crippen LogP) is 3.41. The summed E-state index contributed by atoms with van der Waals surface area (Å²) in [6, 6.07) is 2.60. The Morgan fingerprint density at radius 3 is 2.88 bits per heavy atom. The molecule has 2 heterocycles. The molecule has 2 rings (SSSR count). The van der Waals surface area contributed by atoms with E-state index in [1.165, 1.54) is 10.6 Å². The van der Waals surface area contributed by atoms with Crippen molar-refractivity contribution in [3.05, 3.63) is 38.5 Å². The summed E-state index contributed by atoms with van der Waals surface area (Å²) in [5.74, 6) is 0. The van der Waals surface area contributed by atoms with E-state index < -0.39 is 0 Å². The molecule has 0 saturated carbocycles. The molecule has 1 atom stereocenters. The van der Waals surface area contributed by atoms with Gasteiger partial charge in [-0.2, -0.15) is 11.3 Å². The average molecular weight is 252 g/mol. The zero-order valence-electron chi connectivity index (χ0n) is 9.56. The average Bonchev–Trinajstić information content (AvgIpc) is 2.88. The molecule has 2 aromatic rings. The summed E-state index contributed by atoms with van der Waals surface area (Å²) in [5.41, 5.74) is 2.50. The summed E-state index contributed by atoms with van der Waals surface area (Å²) in [7, 11) is 0. The summed E-state index contributed by atoms with van der Waals surface area (Å²) < 4.78 is 0. The van der Waals surface area contributed by atoms with Crippen LogP contribution in [0.25, 0.3) is 0 Å². The molecule has 0 amide bonds. The highest BCUT2D eigenvalue weighted by Crippen LogP contribution is 2.22. The molecular weight excluding hydrogens is 236 g/mol. The maximum Gasteiger partial charge on any atom is 0.0947 e. The Bertz CT molecular complexity index is 420. The first-order chi connectivity index (χ1) is 7.79. The van der Waals surface area contributed by atoms with Crippen LogP contribution in [-0.4, -0.2) is 11.5 Å². The van der Waals surface area contributed by atoms with Crippen LogP contribution in [0.4, 0.5) is 0 Å². The minimum atomic E-state index is 0.404. The molecule has 0 spiro atoms. The highest BCUT2D eigenvalue weighted by atomic mass is 32.1. The van der Waals surface area contributed by atoms with Crippen LogP contribution in [0.2, 0.25) is 0 Å². The number of hydrogen-bond donors (Lipinski definition) is 1. The molecule has 0 aliphatic carbocycles. The summed E-state index contributed by atoms with van der Waals surface area (Å²) in [6.07, 6.45) is 0.989. The van der Waals surface area contributed by atoms with E-state index in [9.17, 15) is 0 Å². The molecular formula is C12H16N2S2. The van der Waals surface area contributed by atoms with E-state index >= 15 is 0 Å². The third-order valence-electron chi connectivity index (χ3n) is 2.44. The fraction of sp³-hybridized carbons (Fsp3) is 0.417. The molecule has 0 radical (unpaired) electrons. The number of nitrogens with zero attached hydrogens (tertiary/aromatic N) is 1. The lowest BCUT2D eigenvalue weighted by molar-refractivity contribution is 0.550. The first kappa shape index (κ1) is 11.8. The van der Waals surface area contributed by atoms with Crippen LogP contribution in [0.1, 0.15) is 29.2 Å². The van der Waals surface area contributed by atoms with Gasteiger partial charge in [0.25, 0.3) is 0 Å². The van der Waals surface area contributed by atoms with E-state index in [4.69, 9.17) is 0 Å². The van der Waals surface area contributed by atoms with E-state index in [1.807, 2.05) is 6.92 Å². The lowest BCUT2D eigenvalue weighted by Crippen LogP contribution is -2.22. The highest BCUT2D eigenvalue weighted by Gasteiger charge is 2.13. The van der Waals surface area contributed by atoms with Gasteiger partial charge >= 0.3 is 0 Å². The Hall–Kier alpha value is -0.710. The molecule has 0 aliphatic rings. The molecule has 16 heavy (non-hydrogen) atoms. The quantitative estimate of drug-likeness (QED) is 0.882. The minimum Gasteiger partial charge on any atom is -0.310 e. The van der Waals surface area contributed by atoms with Gasteiger partial charge in [0, 0.05) is 23.5 Å². The van der Waals surface area contributed by atoms with Gasteiger partial charge in [-0.25, -0.2) is 4.98 Å². The first-order valence-electron chi connectivity index (χ1n) is 5.46. The topological polar surface area (TPSA) is 24.9 Å². The summed E-state index contributed by atoms with van der Waals surface area (Å²) in [6.45, 7) is 5.18. The number of aryl methyl sites for hydroxylation is 1. The second-order valence-corrected chi connectivity index (χ2v) is 5.48. The molecule has 2 nitrogen and oxygen atoms in total. The highest BCUT2D eigenvalue weighted by molar-refractivity contribution is 7.09. The molecule has 0 bridgehead atoms. The van der Waals surface area contributed by atoms with Crippen molar-refractivity contribution in [1.29, 1.82) is 0 Å². The van der Waals surface area contributed by atoms with Gasteiger partial charge in [0.15, 0.2) is 0 Å². The van der Waals surface area contributed by atoms with E-state index in [0.717, 1.165) is 18.7 Å². The number of likely N-dealkylation sites (N-methyl/N-ethyl adjacent to an activating group) is 1. The molecule has 1 unspecified atom stereocenters. The summed E-state index contributed by atoms with van der Waals surface area (Å²) >= 11 is 3.51. The number of thiophene rings is 1. The van der Waals surface area contributed by atoms with Gasteiger partial charge in [-0.1, -0.05) is 6.92 Å². The van der Waals surface area contributed by atoms with E-state index in [1.54, 1.807) is 22.7 Å². The maximum absolute atomic E-state index is 4.52. The van der Waals surface area contributed by atoms with Crippen molar-refractivity contribution in [2.75, 3.05) is 6.54 Å². The maximum atomic E-state index is 4.52. The lowest BCUT2D eigenvalue weighted by Gasteiger charge is -2.15. The van der Waals surface area contributed by atoms with Crippen molar-refractivity contribution in [2.45, 2.75) is 26.3 Å². The van der Waals surface area contributed by atoms with Crippen LogP contribution in [-0.2, 0) is 6.42 Å². The van der Waals surface area contributed by atoms with Crippen molar-refractivity contribution in [3.63, 3.8) is 0 Å². The van der Waals surface area contributed by atoms with E-state index in [-0.39, 0.29) is 0 Å². The molecule has 0 fully saturated rings. The summed E-state index contributed by atoms with van der Waals surface area (Å²) in [5, 5.41) is 11.2. The number of aromatic nitrogens is 1. The second kappa shape index (κ2) is 5.57. The van der Waals surface area contributed by atoms with E-state index in [0.29, 0.717) is 6.04 Å². The zero-order valence-corrected chi connectivity index (χ0v) is 11.2.